The molecule has 1 saturated carbocycles. The van der Waals surface area contributed by atoms with Crippen LogP contribution < -0.4 is 5.32 Å². The van der Waals surface area contributed by atoms with Crippen LogP contribution in [0.5, 0.6) is 0 Å². The normalized spacial score (nSPS) is 17.1. The Bertz CT molecular complexity index is 346. The number of carbonyl (C=O) groups is 1. The maximum atomic E-state index is 11.2. The van der Waals surface area contributed by atoms with E-state index in [0.717, 1.165) is 19.3 Å². The van der Waals surface area contributed by atoms with Crippen LogP contribution in [0.1, 0.15) is 18.4 Å². The predicted molar refractivity (Wildman–Crippen MR) is 61.0 cm³/mol. The lowest BCUT2D eigenvalue weighted by molar-refractivity contribution is -0.119. The summed E-state index contributed by atoms with van der Waals surface area (Å²) in [6, 6.07) is 10.2. The topological polar surface area (TPSA) is 29.1 Å². The van der Waals surface area contributed by atoms with Crippen molar-refractivity contribution >= 4 is 17.5 Å². The highest BCUT2D eigenvalue weighted by molar-refractivity contribution is 6.27. The van der Waals surface area contributed by atoms with Crippen molar-refractivity contribution in [1.29, 1.82) is 0 Å². The molecule has 0 radical (unpaired) electrons. The maximum absolute atomic E-state index is 11.2. The van der Waals surface area contributed by atoms with Gasteiger partial charge in [0.1, 0.15) is 5.88 Å². The average Bonchev–Trinajstić information content (AvgIpc) is 2.99. The third-order valence-corrected chi connectivity index (χ3v) is 3.01. The van der Waals surface area contributed by atoms with Crippen molar-refractivity contribution in [3.8, 4) is 0 Å². The first-order valence-electron chi connectivity index (χ1n) is 5.15. The summed E-state index contributed by atoms with van der Waals surface area (Å²) >= 11 is 5.48. The van der Waals surface area contributed by atoms with Crippen LogP contribution in [0.25, 0.3) is 0 Å². The number of carbonyl (C=O) groups excluding carboxylic acids is 1. The number of nitrogens with one attached hydrogen (secondary N) is 1. The minimum absolute atomic E-state index is 0.00662. The molecule has 2 nitrogen and oxygen atoms in total. The number of halogens is 1. The third-order valence-electron chi connectivity index (χ3n) is 2.76. The molecule has 15 heavy (non-hydrogen) atoms. The van der Waals surface area contributed by atoms with E-state index in [4.69, 9.17) is 11.6 Å². The van der Waals surface area contributed by atoms with E-state index in [1.807, 2.05) is 18.2 Å². The molecule has 0 saturated heterocycles. The second kappa shape index (κ2) is 4.23. The van der Waals surface area contributed by atoms with Gasteiger partial charge in [-0.25, -0.2) is 0 Å². The van der Waals surface area contributed by atoms with Gasteiger partial charge >= 0.3 is 0 Å². The highest BCUT2D eigenvalue weighted by Crippen LogP contribution is 2.38. The summed E-state index contributed by atoms with van der Waals surface area (Å²) in [7, 11) is 0. The number of amides is 1. The molecule has 0 heterocycles. The van der Waals surface area contributed by atoms with Crippen LogP contribution in [0.15, 0.2) is 30.3 Å². The minimum Gasteiger partial charge on any atom is -0.349 e. The zero-order chi connectivity index (χ0) is 10.7. The van der Waals surface area contributed by atoms with E-state index in [-0.39, 0.29) is 17.3 Å². The Balaban J connectivity index is 1.97. The van der Waals surface area contributed by atoms with E-state index in [0.29, 0.717) is 0 Å². The van der Waals surface area contributed by atoms with Gasteiger partial charge in [0.05, 0.1) is 0 Å². The van der Waals surface area contributed by atoms with Crippen molar-refractivity contribution in [1.82, 2.24) is 5.32 Å². The molecule has 0 unspecified atom stereocenters. The zero-order valence-electron chi connectivity index (χ0n) is 8.50. The molecule has 1 aromatic carbocycles. The SMILES string of the molecule is O=C(CCl)NC1(Cc2ccccc2)CC1. The van der Waals surface area contributed by atoms with Crippen molar-refractivity contribution in [3.63, 3.8) is 0 Å². The van der Waals surface area contributed by atoms with E-state index in [1.165, 1.54) is 5.56 Å². The van der Waals surface area contributed by atoms with Crippen molar-refractivity contribution < 1.29 is 4.79 Å². The zero-order valence-corrected chi connectivity index (χ0v) is 9.26. The monoisotopic (exact) mass is 223 g/mol. The predicted octanol–water partition coefficient (Wildman–Crippen LogP) is 2.12. The van der Waals surface area contributed by atoms with Gasteiger partial charge in [-0.05, 0) is 24.8 Å². The lowest BCUT2D eigenvalue weighted by atomic mass is 10.0. The molecular weight excluding hydrogens is 210 g/mol. The van der Waals surface area contributed by atoms with E-state index in [1.54, 1.807) is 0 Å². The van der Waals surface area contributed by atoms with Crippen LogP contribution in [0.3, 0.4) is 0 Å². The number of benzene rings is 1. The van der Waals surface area contributed by atoms with Crippen LogP contribution in [-0.2, 0) is 11.2 Å². The average molecular weight is 224 g/mol. The maximum Gasteiger partial charge on any atom is 0.235 e. The van der Waals surface area contributed by atoms with Crippen LogP contribution in [-0.4, -0.2) is 17.3 Å². The van der Waals surface area contributed by atoms with Gasteiger partial charge in [0.25, 0.3) is 0 Å². The van der Waals surface area contributed by atoms with Gasteiger partial charge in [0.15, 0.2) is 0 Å². The Kier molecular flexibility index (Phi) is 2.96. The van der Waals surface area contributed by atoms with Crippen molar-refractivity contribution in [2.75, 3.05) is 5.88 Å². The highest BCUT2D eigenvalue weighted by atomic mass is 35.5. The number of hydrogen-bond acceptors (Lipinski definition) is 1. The van der Waals surface area contributed by atoms with Crippen molar-refractivity contribution in [3.05, 3.63) is 35.9 Å². The van der Waals surface area contributed by atoms with E-state index in [2.05, 4.69) is 17.4 Å². The molecule has 1 aliphatic rings. The summed E-state index contributed by atoms with van der Waals surface area (Å²) in [5.74, 6) is -0.0126. The minimum atomic E-state index is -0.0647. The van der Waals surface area contributed by atoms with Crippen LogP contribution in [0.4, 0.5) is 0 Å². The third kappa shape index (κ3) is 2.72. The summed E-state index contributed by atoms with van der Waals surface area (Å²) in [6.45, 7) is 0. The van der Waals surface area contributed by atoms with Crippen LogP contribution in [0, 0.1) is 0 Å². The largest absolute Gasteiger partial charge is 0.349 e. The van der Waals surface area contributed by atoms with Gasteiger partial charge in [0, 0.05) is 5.54 Å². The molecule has 1 aromatic rings. The molecule has 1 aliphatic carbocycles. The molecule has 0 aromatic heterocycles. The Morgan fingerprint density at radius 3 is 2.53 bits per heavy atom. The summed E-state index contributed by atoms with van der Waals surface area (Å²) in [5.41, 5.74) is 1.26. The first kappa shape index (κ1) is 10.5. The molecular formula is C12H14ClNO. The molecule has 1 fully saturated rings. The quantitative estimate of drug-likeness (QED) is 0.779. The first-order valence-corrected chi connectivity index (χ1v) is 5.68. The lowest BCUT2D eigenvalue weighted by Gasteiger charge is -2.16. The highest BCUT2D eigenvalue weighted by Gasteiger charge is 2.43. The van der Waals surface area contributed by atoms with Gasteiger partial charge in [0.2, 0.25) is 5.91 Å². The Morgan fingerprint density at radius 1 is 1.33 bits per heavy atom. The Morgan fingerprint density at radius 2 is 2.00 bits per heavy atom. The molecule has 0 atom stereocenters. The Labute approximate surface area is 94.6 Å². The molecule has 0 aliphatic heterocycles. The van der Waals surface area contributed by atoms with Gasteiger partial charge in [-0.1, -0.05) is 30.3 Å². The van der Waals surface area contributed by atoms with E-state index >= 15 is 0 Å². The fourth-order valence-corrected chi connectivity index (χ4v) is 1.88. The molecule has 80 valence electrons. The molecule has 3 heteroatoms. The lowest BCUT2D eigenvalue weighted by Crippen LogP contribution is -2.39. The summed E-state index contributed by atoms with van der Waals surface area (Å²) < 4.78 is 0. The summed E-state index contributed by atoms with van der Waals surface area (Å²) in [6.07, 6.45) is 3.03. The van der Waals surface area contributed by atoms with Gasteiger partial charge in [-0.2, -0.15) is 0 Å². The summed E-state index contributed by atoms with van der Waals surface area (Å²) in [5, 5.41) is 2.99. The second-order valence-electron chi connectivity index (χ2n) is 4.12. The molecule has 2 rings (SSSR count). The molecule has 0 spiro atoms. The molecule has 1 amide bonds. The number of rotatable bonds is 4. The van der Waals surface area contributed by atoms with Crippen LogP contribution in [0.2, 0.25) is 0 Å². The fourth-order valence-electron chi connectivity index (χ4n) is 1.81. The number of alkyl halides is 1. The Hall–Kier alpha value is -1.02. The molecule has 0 bridgehead atoms. The van der Waals surface area contributed by atoms with Gasteiger partial charge < -0.3 is 5.32 Å². The van der Waals surface area contributed by atoms with E-state index in [9.17, 15) is 4.79 Å². The molecule has 1 N–H and O–H groups in total. The summed E-state index contributed by atoms with van der Waals surface area (Å²) in [4.78, 5) is 11.2. The standard InChI is InChI=1S/C12H14ClNO/c13-9-11(15)14-12(6-7-12)8-10-4-2-1-3-5-10/h1-5H,6-9H2,(H,14,15). The number of hydrogen-bond donors (Lipinski definition) is 1. The van der Waals surface area contributed by atoms with Gasteiger partial charge in [-0.3, -0.25) is 4.79 Å². The second-order valence-corrected chi connectivity index (χ2v) is 4.39. The first-order chi connectivity index (χ1) is 7.24. The van der Waals surface area contributed by atoms with Crippen LogP contribution >= 0.6 is 11.6 Å². The smallest absolute Gasteiger partial charge is 0.235 e. The van der Waals surface area contributed by atoms with Gasteiger partial charge in [-0.15, -0.1) is 11.6 Å². The van der Waals surface area contributed by atoms with Crippen molar-refractivity contribution in [2.45, 2.75) is 24.8 Å². The van der Waals surface area contributed by atoms with Crippen molar-refractivity contribution in [2.24, 2.45) is 0 Å². The fraction of sp³-hybridized carbons (Fsp3) is 0.417. The van der Waals surface area contributed by atoms with E-state index < -0.39 is 0 Å².